The van der Waals surface area contributed by atoms with Crippen molar-refractivity contribution in [2.75, 3.05) is 0 Å². The van der Waals surface area contributed by atoms with E-state index in [0.717, 1.165) is 5.39 Å². The summed E-state index contributed by atoms with van der Waals surface area (Å²) in [5, 5.41) is 2.32. The molecule has 0 aliphatic carbocycles. The first-order valence-corrected chi connectivity index (χ1v) is 6.94. The van der Waals surface area contributed by atoms with Crippen LogP contribution < -0.4 is 4.57 Å². The minimum absolute atomic E-state index is 0.555. The van der Waals surface area contributed by atoms with Crippen LogP contribution in [0.1, 0.15) is 18.1 Å². The monoisotopic (exact) mass is 263 g/mol. The lowest BCUT2D eigenvalue weighted by molar-refractivity contribution is -0.659. The van der Waals surface area contributed by atoms with Crippen molar-refractivity contribution in [3.8, 4) is 11.3 Å². The van der Waals surface area contributed by atoms with Crippen LogP contribution in [-0.2, 0) is 7.05 Å². The zero-order valence-electron chi connectivity index (χ0n) is 13.5. The molecule has 0 saturated carbocycles. The number of benzene rings is 2. The molecule has 3 aromatic rings. The van der Waals surface area contributed by atoms with Crippen molar-refractivity contribution in [2.24, 2.45) is 7.05 Å². The van der Waals surface area contributed by atoms with E-state index in [1.807, 2.05) is 12.1 Å². The molecule has 0 aliphatic heterocycles. The Morgan fingerprint density at radius 3 is 2.65 bits per heavy atom. The molecule has 0 aliphatic rings. The lowest BCUT2D eigenvalue weighted by atomic mass is 9.95. The third-order valence-corrected chi connectivity index (χ3v) is 4.05. The molecule has 1 heteroatoms. The molecule has 0 amide bonds. The third kappa shape index (κ3) is 2.00. The van der Waals surface area contributed by atoms with Crippen molar-refractivity contribution in [2.45, 2.75) is 20.8 Å². The van der Waals surface area contributed by atoms with E-state index in [2.05, 4.69) is 62.8 Å². The zero-order chi connectivity index (χ0) is 15.1. The Morgan fingerprint density at radius 2 is 1.85 bits per heavy atom. The summed E-state index contributed by atoms with van der Waals surface area (Å²) < 4.78 is 9.98. The molecule has 20 heavy (non-hydrogen) atoms. The maximum Gasteiger partial charge on any atom is 0.220 e. The van der Waals surface area contributed by atoms with Gasteiger partial charge in [0.25, 0.3) is 0 Å². The molecule has 3 rings (SSSR count). The predicted molar refractivity (Wildman–Crippen MR) is 84.8 cm³/mol. The summed E-state index contributed by atoms with van der Waals surface area (Å²) in [5.74, 6) is 0. The second kappa shape index (κ2) is 4.75. The minimum Gasteiger partial charge on any atom is -0.200 e. The molecule has 0 bridgehead atoms. The van der Waals surface area contributed by atoms with E-state index in [9.17, 15) is 0 Å². The topological polar surface area (TPSA) is 3.88 Å². The van der Waals surface area contributed by atoms with Crippen LogP contribution in [-0.4, -0.2) is 0 Å². The van der Waals surface area contributed by atoms with Gasteiger partial charge in [-0.05, 0) is 49.4 Å². The van der Waals surface area contributed by atoms with Crippen LogP contribution in [0.3, 0.4) is 0 Å². The number of pyridine rings is 1. The zero-order valence-corrected chi connectivity index (χ0v) is 12.5. The average molecular weight is 263 g/mol. The smallest absolute Gasteiger partial charge is 0.200 e. The largest absolute Gasteiger partial charge is 0.220 e. The maximum absolute atomic E-state index is 7.81. The van der Waals surface area contributed by atoms with Crippen molar-refractivity contribution in [3.05, 3.63) is 65.3 Å². The summed E-state index contributed by atoms with van der Waals surface area (Å²) in [6.07, 6.45) is 2.08. The van der Waals surface area contributed by atoms with Gasteiger partial charge in [-0.15, -0.1) is 0 Å². The molecular weight excluding hydrogens is 242 g/mol. The summed E-state index contributed by atoms with van der Waals surface area (Å²) >= 11 is 0. The van der Waals surface area contributed by atoms with E-state index < -0.39 is 0 Å². The molecule has 0 saturated heterocycles. The fourth-order valence-electron chi connectivity index (χ4n) is 2.87. The van der Waals surface area contributed by atoms with Crippen LogP contribution in [0.15, 0.2) is 48.6 Å². The third-order valence-electron chi connectivity index (χ3n) is 4.05. The fourth-order valence-corrected chi connectivity index (χ4v) is 2.87. The SMILES string of the molecule is [2H]c1ccc2c(-c3cc(C)cc(C)c3C)[n+](C)ccc2c1. The summed E-state index contributed by atoms with van der Waals surface area (Å²) in [7, 11) is 2.08. The quantitative estimate of drug-likeness (QED) is 0.578. The van der Waals surface area contributed by atoms with Crippen LogP contribution in [0.5, 0.6) is 0 Å². The molecule has 2 aromatic carbocycles. The van der Waals surface area contributed by atoms with Crippen LogP contribution in [0.2, 0.25) is 0 Å². The second-order valence-corrected chi connectivity index (χ2v) is 5.54. The normalized spacial score (nSPS) is 11.7. The van der Waals surface area contributed by atoms with Gasteiger partial charge in [-0.2, -0.15) is 0 Å². The second-order valence-electron chi connectivity index (χ2n) is 5.54. The highest BCUT2D eigenvalue weighted by atomic mass is 14.9. The van der Waals surface area contributed by atoms with Gasteiger partial charge in [-0.25, -0.2) is 4.57 Å². The van der Waals surface area contributed by atoms with E-state index in [1.54, 1.807) is 0 Å². The van der Waals surface area contributed by atoms with Crippen LogP contribution in [0.25, 0.3) is 22.0 Å². The van der Waals surface area contributed by atoms with E-state index in [1.165, 1.54) is 33.3 Å². The molecule has 0 unspecified atom stereocenters. The molecule has 0 radical (unpaired) electrons. The van der Waals surface area contributed by atoms with E-state index in [0.29, 0.717) is 6.04 Å². The number of fused-ring (bicyclic) bond motifs is 1. The molecule has 1 nitrogen and oxygen atoms in total. The molecule has 1 aromatic heterocycles. The van der Waals surface area contributed by atoms with Crippen LogP contribution >= 0.6 is 0 Å². The number of rotatable bonds is 1. The van der Waals surface area contributed by atoms with Crippen molar-refractivity contribution < 1.29 is 5.94 Å². The molecular formula is C19H20N+. The number of aryl methyl sites for hydroxylation is 3. The summed E-state index contributed by atoms with van der Waals surface area (Å²) in [4.78, 5) is 0. The molecule has 0 atom stereocenters. The Bertz CT molecular complexity index is 850. The Kier molecular flexibility index (Phi) is 2.77. The van der Waals surface area contributed by atoms with Gasteiger partial charge in [0.1, 0.15) is 7.05 Å². The first-order chi connectivity index (χ1) is 9.97. The standard InChI is InChI=1S/C19H20N/c1-13-11-14(2)15(3)18(12-13)19-17-8-6-5-7-16(17)9-10-20(19)4/h5-12H,1-4H3/q+1/i5D. The number of hydrogen-bond donors (Lipinski definition) is 0. The lowest BCUT2D eigenvalue weighted by Crippen LogP contribution is -2.30. The first-order valence-electron chi connectivity index (χ1n) is 7.44. The van der Waals surface area contributed by atoms with Gasteiger partial charge in [-0.3, -0.25) is 0 Å². The van der Waals surface area contributed by atoms with Crippen molar-refractivity contribution in [3.63, 3.8) is 0 Å². The fraction of sp³-hybridized carbons (Fsp3) is 0.211. The Labute approximate surface area is 121 Å². The van der Waals surface area contributed by atoms with Gasteiger partial charge in [0.15, 0.2) is 6.20 Å². The summed E-state index contributed by atoms with van der Waals surface area (Å²) in [6, 6.07) is 13.0. The number of hydrogen-bond acceptors (Lipinski definition) is 0. The average Bonchev–Trinajstić information content (AvgIpc) is 2.43. The van der Waals surface area contributed by atoms with E-state index in [4.69, 9.17) is 1.37 Å². The van der Waals surface area contributed by atoms with Crippen molar-refractivity contribution >= 4 is 10.8 Å². The van der Waals surface area contributed by atoms with Gasteiger partial charge >= 0.3 is 0 Å². The molecule has 0 N–H and O–H groups in total. The van der Waals surface area contributed by atoms with Crippen molar-refractivity contribution in [1.29, 1.82) is 0 Å². The highest BCUT2D eigenvalue weighted by Gasteiger charge is 2.17. The number of nitrogens with zero attached hydrogens (tertiary/aromatic N) is 1. The van der Waals surface area contributed by atoms with Gasteiger partial charge < -0.3 is 0 Å². The number of aromatic nitrogens is 1. The summed E-state index contributed by atoms with van der Waals surface area (Å²) in [5.41, 5.74) is 6.41. The molecule has 0 fully saturated rings. The Balaban J connectivity index is 2.42. The Hall–Kier alpha value is -2.15. The van der Waals surface area contributed by atoms with Gasteiger partial charge in [-0.1, -0.05) is 29.8 Å². The molecule has 1 heterocycles. The minimum atomic E-state index is 0.555. The van der Waals surface area contributed by atoms with E-state index >= 15 is 0 Å². The lowest BCUT2D eigenvalue weighted by Gasteiger charge is -2.11. The van der Waals surface area contributed by atoms with E-state index in [-0.39, 0.29) is 0 Å². The molecule has 100 valence electrons. The highest BCUT2D eigenvalue weighted by molar-refractivity contribution is 5.93. The highest BCUT2D eigenvalue weighted by Crippen LogP contribution is 2.30. The van der Waals surface area contributed by atoms with Crippen LogP contribution in [0, 0.1) is 20.8 Å². The van der Waals surface area contributed by atoms with Gasteiger partial charge in [0.05, 0.1) is 12.3 Å². The van der Waals surface area contributed by atoms with Crippen molar-refractivity contribution in [1.82, 2.24) is 0 Å². The van der Waals surface area contributed by atoms with Gasteiger partial charge in [0, 0.05) is 6.07 Å². The first kappa shape index (κ1) is 11.7. The predicted octanol–water partition coefficient (Wildman–Crippen LogP) is 4.26. The Morgan fingerprint density at radius 1 is 1.05 bits per heavy atom. The molecule has 0 spiro atoms. The maximum atomic E-state index is 7.81. The van der Waals surface area contributed by atoms with Gasteiger partial charge in [0.2, 0.25) is 5.69 Å². The summed E-state index contributed by atoms with van der Waals surface area (Å²) in [6.45, 7) is 6.49. The van der Waals surface area contributed by atoms with Crippen LogP contribution in [0.4, 0.5) is 0 Å².